The Balaban J connectivity index is 2.40. The Kier molecular flexibility index (Phi) is 4.48. The van der Waals surface area contributed by atoms with Gasteiger partial charge in [-0.2, -0.15) is 0 Å². The molecule has 1 aromatic carbocycles. The highest BCUT2D eigenvalue weighted by molar-refractivity contribution is 5.78. The number of benzene rings is 1. The van der Waals surface area contributed by atoms with E-state index in [1.54, 1.807) is 0 Å². The van der Waals surface area contributed by atoms with Crippen LogP contribution in [0.5, 0.6) is 0 Å². The van der Waals surface area contributed by atoms with Crippen LogP contribution in [-0.2, 0) is 0 Å². The molecule has 0 aliphatic rings. The molecule has 0 aliphatic carbocycles. The van der Waals surface area contributed by atoms with Gasteiger partial charge in [0.25, 0.3) is 0 Å². The van der Waals surface area contributed by atoms with Gasteiger partial charge >= 0.3 is 0 Å². The molecule has 0 bridgehead atoms. The van der Waals surface area contributed by atoms with Crippen molar-refractivity contribution in [3.63, 3.8) is 0 Å². The number of rotatable bonds is 4. The molecule has 0 radical (unpaired) electrons. The normalized spacial score (nSPS) is 11.9. The highest BCUT2D eigenvalue weighted by Crippen LogP contribution is 2.21. The maximum Gasteiger partial charge on any atom is 0.0705 e. The number of nitrogens with zero attached hydrogens (tertiary/aromatic N) is 2. The zero-order chi connectivity index (χ0) is 13.7. The van der Waals surface area contributed by atoms with Gasteiger partial charge in [0.15, 0.2) is 0 Å². The van der Waals surface area contributed by atoms with Crippen molar-refractivity contribution in [3.05, 3.63) is 71.6 Å². The molecular weight excluding hydrogens is 232 g/mol. The molecule has 0 aliphatic heterocycles. The zero-order valence-electron chi connectivity index (χ0n) is 11.8. The summed E-state index contributed by atoms with van der Waals surface area (Å²) in [6.07, 6.45) is 4.07. The van der Waals surface area contributed by atoms with Crippen molar-refractivity contribution in [2.45, 2.75) is 6.92 Å². The second kappa shape index (κ2) is 6.30. The zero-order valence-corrected chi connectivity index (χ0v) is 11.8. The van der Waals surface area contributed by atoms with E-state index in [1.807, 2.05) is 18.3 Å². The maximum absolute atomic E-state index is 4.47. The molecule has 0 fully saturated rings. The fourth-order valence-electron chi connectivity index (χ4n) is 1.90. The van der Waals surface area contributed by atoms with Gasteiger partial charge in [0.05, 0.1) is 5.69 Å². The van der Waals surface area contributed by atoms with E-state index in [-0.39, 0.29) is 0 Å². The molecule has 19 heavy (non-hydrogen) atoms. The molecular formula is C17H20N2. The SMILES string of the molecule is Cc1ccc(C(=CCN(C)C)c2ccccn2)cc1. The lowest BCUT2D eigenvalue weighted by atomic mass is 10.0. The van der Waals surface area contributed by atoms with Crippen LogP contribution in [0.3, 0.4) is 0 Å². The van der Waals surface area contributed by atoms with Crippen LogP contribution >= 0.6 is 0 Å². The maximum atomic E-state index is 4.47. The number of hydrogen-bond donors (Lipinski definition) is 0. The van der Waals surface area contributed by atoms with Gasteiger partial charge < -0.3 is 4.90 Å². The van der Waals surface area contributed by atoms with Crippen molar-refractivity contribution < 1.29 is 0 Å². The number of hydrogen-bond acceptors (Lipinski definition) is 2. The van der Waals surface area contributed by atoms with Gasteiger partial charge in [-0.25, -0.2) is 0 Å². The Morgan fingerprint density at radius 2 is 1.84 bits per heavy atom. The van der Waals surface area contributed by atoms with Gasteiger partial charge in [-0.3, -0.25) is 4.98 Å². The van der Waals surface area contributed by atoms with Gasteiger partial charge in [0, 0.05) is 18.3 Å². The van der Waals surface area contributed by atoms with Crippen molar-refractivity contribution in [2.24, 2.45) is 0 Å². The second-order valence-electron chi connectivity index (χ2n) is 4.96. The fraction of sp³-hybridized carbons (Fsp3) is 0.235. The Hall–Kier alpha value is -1.93. The van der Waals surface area contributed by atoms with Gasteiger partial charge in [-0.1, -0.05) is 42.0 Å². The Morgan fingerprint density at radius 3 is 2.42 bits per heavy atom. The molecule has 0 atom stereocenters. The number of aryl methyl sites for hydroxylation is 1. The van der Waals surface area contributed by atoms with E-state index in [0.29, 0.717) is 0 Å². The minimum absolute atomic E-state index is 0.903. The summed E-state index contributed by atoms with van der Waals surface area (Å²) in [6.45, 7) is 3.01. The van der Waals surface area contributed by atoms with Crippen LogP contribution in [0.4, 0.5) is 0 Å². The lowest BCUT2D eigenvalue weighted by Crippen LogP contribution is -2.11. The quantitative estimate of drug-likeness (QED) is 0.829. The van der Waals surface area contributed by atoms with Gasteiger partial charge in [0.2, 0.25) is 0 Å². The highest BCUT2D eigenvalue weighted by Gasteiger charge is 2.05. The first-order valence-electron chi connectivity index (χ1n) is 6.50. The van der Waals surface area contributed by atoms with Crippen molar-refractivity contribution in [3.8, 4) is 0 Å². The third kappa shape index (κ3) is 3.76. The largest absolute Gasteiger partial charge is 0.306 e. The second-order valence-corrected chi connectivity index (χ2v) is 4.96. The first-order chi connectivity index (χ1) is 9.16. The minimum Gasteiger partial charge on any atom is -0.306 e. The lowest BCUT2D eigenvalue weighted by Gasteiger charge is -2.11. The van der Waals surface area contributed by atoms with Crippen LogP contribution in [0.1, 0.15) is 16.8 Å². The summed E-state index contributed by atoms with van der Waals surface area (Å²) in [5, 5.41) is 0. The fourth-order valence-corrected chi connectivity index (χ4v) is 1.90. The van der Waals surface area contributed by atoms with E-state index in [9.17, 15) is 0 Å². The minimum atomic E-state index is 0.903. The van der Waals surface area contributed by atoms with Gasteiger partial charge in [-0.05, 0) is 38.7 Å². The molecule has 1 heterocycles. The average Bonchev–Trinajstić information content (AvgIpc) is 2.42. The summed E-state index contributed by atoms with van der Waals surface area (Å²) >= 11 is 0. The Bertz CT molecular complexity index is 539. The van der Waals surface area contributed by atoms with Crippen LogP contribution < -0.4 is 0 Å². The van der Waals surface area contributed by atoms with Crippen molar-refractivity contribution in [2.75, 3.05) is 20.6 Å². The molecule has 0 N–H and O–H groups in total. The molecule has 2 aromatic rings. The molecule has 2 heteroatoms. The molecule has 0 unspecified atom stereocenters. The molecule has 1 aromatic heterocycles. The van der Waals surface area contributed by atoms with Gasteiger partial charge in [-0.15, -0.1) is 0 Å². The summed E-state index contributed by atoms with van der Waals surface area (Å²) < 4.78 is 0. The molecule has 0 saturated carbocycles. The van der Waals surface area contributed by atoms with E-state index >= 15 is 0 Å². The van der Waals surface area contributed by atoms with Crippen molar-refractivity contribution >= 4 is 5.57 Å². The van der Waals surface area contributed by atoms with E-state index < -0.39 is 0 Å². The standard InChI is InChI=1S/C17H20N2/c1-14-7-9-15(10-8-14)16(11-13-19(2)3)17-6-4-5-12-18-17/h4-12H,13H2,1-3H3. The molecule has 0 amide bonds. The summed E-state index contributed by atoms with van der Waals surface area (Å²) in [6, 6.07) is 14.6. The van der Waals surface area contributed by atoms with Crippen LogP contribution in [0.2, 0.25) is 0 Å². The predicted molar refractivity (Wildman–Crippen MR) is 81.0 cm³/mol. The van der Waals surface area contributed by atoms with Crippen LogP contribution in [0.15, 0.2) is 54.7 Å². The van der Waals surface area contributed by atoms with Crippen LogP contribution in [0.25, 0.3) is 5.57 Å². The number of aromatic nitrogens is 1. The summed E-state index contributed by atoms with van der Waals surface area (Å²) in [5.74, 6) is 0. The Labute approximate surface area is 115 Å². The third-order valence-corrected chi connectivity index (χ3v) is 2.96. The summed E-state index contributed by atoms with van der Waals surface area (Å²) in [5.41, 5.74) is 4.70. The molecule has 98 valence electrons. The third-order valence-electron chi connectivity index (χ3n) is 2.96. The summed E-state index contributed by atoms with van der Waals surface area (Å²) in [7, 11) is 4.14. The number of pyridine rings is 1. The smallest absolute Gasteiger partial charge is 0.0705 e. The van der Waals surface area contributed by atoms with Crippen LogP contribution in [0, 0.1) is 6.92 Å². The lowest BCUT2D eigenvalue weighted by molar-refractivity contribution is 0.457. The number of likely N-dealkylation sites (N-methyl/N-ethyl adjacent to an activating group) is 1. The molecule has 2 nitrogen and oxygen atoms in total. The molecule has 2 rings (SSSR count). The van der Waals surface area contributed by atoms with E-state index in [0.717, 1.165) is 12.2 Å². The molecule has 0 saturated heterocycles. The van der Waals surface area contributed by atoms with Crippen molar-refractivity contribution in [1.82, 2.24) is 9.88 Å². The Morgan fingerprint density at radius 1 is 1.11 bits per heavy atom. The first kappa shape index (κ1) is 13.5. The van der Waals surface area contributed by atoms with Crippen molar-refractivity contribution in [1.29, 1.82) is 0 Å². The topological polar surface area (TPSA) is 16.1 Å². The van der Waals surface area contributed by atoms with Gasteiger partial charge in [0.1, 0.15) is 0 Å². The van der Waals surface area contributed by atoms with Crippen LogP contribution in [-0.4, -0.2) is 30.5 Å². The predicted octanol–water partition coefficient (Wildman–Crippen LogP) is 3.38. The highest BCUT2D eigenvalue weighted by atomic mass is 15.0. The summed E-state index contributed by atoms with van der Waals surface area (Å²) in [4.78, 5) is 6.62. The molecule has 0 spiro atoms. The first-order valence-corrected chi connectivity index (χ1v) is 6.50. The monoisotopic (exact) mass is 252 g/mol. The van der Waals surface area contributed by atoms with E-state index in [2.05, 4.69) is 67.3 Å². The van der Waals surface area contributed by atoms with E-state index in [4.69, 9.17) is 0 Å². The average molecular weight is 252 g/mol. The van der Waals surface area contributed by atoms with E-state index in [1.165, 1.54) is 16.7 Å².